The van der Waals surface area contributed by atoms with E-state index in [1.807, 2.05) is 19.9 Å². The number of nitrogens with two attached hydrogens (primary N) is 1. The molecule has 0 fully saturated rings. The van der Waals surface area contributed by atoms with Crippen molar-refractivity contribution in [2.75, 3.05) is 5.73 Å². The fraction of sp³-hybridized carbons (Fsp3) is 0.286. The molecule has 98 valence electrons. The first kappa shape index (κ1) is 13.0. The van der Waals surface area contributed by atoms with E-state index >= 15 is 0 Å². The number of anilines is 1. The fourth-order valence-electron chi connectivity index (χ4n) is 1.84. The number of ether oxygens (including phenoxy) is 1. The fourth-order valence-corrected chi connectivity index (χ4v) is 1.84. The molecule has 2 rings (SSSR count). The lowest BCUT2D eigenvalue weighted by Crippen LogP contribution is -1.98. The first-order chi connectivity index (χ1) is 9.06. The van der Waals surface area contributed by atoms with Gasteiger partial charge in [-0.2, -0.15) is 10.4 Å². The number of hydrogen-bond acceptors (Lipinski definition) is 4. The van der Waals surface area contributed by atoms with Crippen molar-refractivity contribution in [2.24, 2.45) is 7.05 Å². The Morgan fingerprint density at radius 2 is 2.21 bits per heavy atom. The Labute approximate surface area is 112 Å². The van der Waals surface area contributed by atoms with E-state index in [2.05, 4.69) is 11.2 Å². The summed E-state index contributed by atoms with van der Waals surface area (Å²) in [4.78, 5) is 0. The second kappa shape index (κ2) is 5.02. The van der Waals surface area contributed by atoms with Crippen LogP contribution in [0.4, 0.5) is 5.69 Å². The molecule has 0 saturated carbocycles. The summed E-state index contributed by atoms with van der Waals surface area (Å²) in [6.45, 7) is 3.91. The van der Waals surface area contributed by atoms with Crippen LogP contribution in [0.1, 0.15) is 23.7 Å². The van der Waals surface area contributed by atoms with Crippen molar-refractivity contribution in [3.63, 3.8) is 0 Å². The van der Waals surface area contributed by atoms with Crippen LogP contribution in [0.25, 0.3) is 0 Å². The molecule has 0 atom stereocenters. The van der Waals surface area contributed by atoms with E-state index in [0.717, 1.165) is 17.7 Å². The molecule has 0 spiro atoms. The number of hydrogen-bond donors (Lipinski definition) is 1. The zero-order valence-electron chi connectivity index (χ0n) is 11.3. The van der Waals surface area contributed by atoms with Crippen LogP contribution in [0.2, 0.25) is 0 Å². The van der Waals surface area contributed by atoms with Crippen LogP contribution in [0.15, 0.2) is 18.2 Å². The van der Waals surface area contributed by atoms with Gasteiger partial charge in [-0.15, -0.1) is 0 Å². The van der Waals surface area contributed by atoms with Crippen LogP contribution >= 0.6 is 0 Å². The van der Waals surface area contributed by atoms with Crippen LogP contribution < -0.4 is 10.5 Å². The largest absolute Gasteiger partial charge is 0.437 e. The molecule has 0 amide bonds. The molecule has 0 radical (unpaired) electrons. The van der Waals surface area contributed by atoms with Gasteiger partial charge in [0.15, 0.2) is 0 Å². The van der Waals surface area contributed by atoms with E-state index in [0.29, 0.717) is 22.9 Å². The first-order valence-electron chi connectivity index (χ1n) is 6.06. The molecular formula is C14H16N4O. The summed E-state index contributed by atoms with van der Waals surface area (Å²) in [5.41, 5.74) is 8.86. The molecule has 0 aliphatic heterocycles. The Bertz CT molecular complexity index is 652. The Hall–Kier alpha value is -2.48. The molecule has 2 N–H and O–H groups in total. The second-order valence-corrected chi connectivity index (χ2v) is 4.34. The van der Waals surface area contributed by atoms with Gasteiger partial charge in [-0.05, 0) is 31.0 Å². The zero-order valence-corrected chi connectivity index (χ0v) is 11.3. The van der Waals surface area contributed by atoms with Gasteiger partial charge >= 0.3 is 0 Å². The average Bonchev–Trinajstić information content (AvgIpc) is 2.68. The summed E-state index contributed by atoms with van der Waals surface area (Å²) in [6, 6.07) is 7.40. The highest BCUT2D eigenvalue weighted by Crippen LogP contribution is 2.31. The van der Waals surface area contributed by atoms with Crippen LogP contribution in [-0.4, -0.2) is 9.78 Å². The van der Waals surface area contributed by atoms with Crippen LogP contribution in [-0.2, 0) is 13.5 Å². The smallest absolute Gasteiger partial charge is 0.241 e. The summed E-state index contributed by atoms with van der Waals surface area (Å²) >= 11 is 0. The number of nitrogens with zero attached hydrogens (tertiary/aromatic N) is 3. The lowest BCUT2D eigenvalue weighted by atomic mass is 10.1. The van der Waals surface area contributed by atoms with Crippen molar-refractivity contribution >= 4 is 5.69 Å². The summed E-state index contributed by atoms with van der Waals surface area (Å²) in [5.74, 6) is 1.13. The lowest BCUT2D eigenvalue weighted by Gasteiger charge is -2.09. The molecule has 0 unspecified atom stereocenters. The van der Waals surface area contributed by atoms with Gasteiger partial charge in [0, 0.05) is 7.05 Å². The van der Waals surface area contributed by atoms with E-state index in [1.54, 1.807) is 23.9 Å². The quantitative estimate of drug-likeness (QED) is 0.915. The Kier molecular flexibility index (Phi) is 3.43. The molecule has 0 aliphatic carbocycles. The van der Waals surface area contributed by atoms with Crippen molar-refractivity contribution in [1.82, 2.24) is 9.78 Å². The molecule has 5 heteroatoms. The SMILES string of the molecule is CCc1nn(C)c(Oc2cc(C#N)ccc2C)c1N. The standard InChI is InChI=1S/C14H16N4O/c1-4-11-13(16)14(18(3)17-11)19-12-7-10(8-15)6-5-9(12)2/h5-7H,4,16H2,1-3H3. The van der Waals surface area contributed by atoms with E-state index in [1.165, 1.54) is 0 Å². The normalized spacial score (nSPS) is 10.2. The Morgan fingerprint density at radius 3 is 2.79 bits per heavy atom. The molecule has 2 aromatic rings. The van der Waals surface area contributed by atoms with Crippen LogP contribution in [0.3, 0.4) is 0 Å². The van der Waals surface area contributed by atoms with E-state index in [4.69, 9.17) is 15.7 Å². The first-order valence-corrected chi connectivity index (χ1v) is 6.06. The molecule has 0 saturated heterocycles. The van der Waals surface area contributed by atoms with Gasteiger partial charge in [-0.1, -0.05) is 13.0 Å². The number of aryl methyl sites for hydroxylation is 3. The van der Waals surface area contributed by atoms with Gasteiger partial charge in [-0.3, -0.25) is 0 Å². The number of nitriles is 1. The van der Waals surface area contributed by atoms with Gasteiger partial charge in [0.1, 0.15) is 11.4 Å². The van der Waals surface area contributed by atoms with Gasteiger partial charge in [-0.25, -0.2) is 4.68 Å². The molecule has 5 nitrogen and oxygen atoms in total. The maximum atomic E-state index is 8.92. The van der Waals surface area contributed by atoms with Crippen molar-refractivity contribution in [3.05, 3.63) is 35.0 Å². The van der Waals surface area contributed by atoms with E-state index < -0.39 is 0 Å². The summed E-state index contributed by atoms with van der Waals surface area (Å²) in [7, 11) is 1.79. The van der Waals surface area contributed by atoms with Gasteiger partial charge in [0.05, 0.1) is 17.3 Å². The van der Waals surface area contributed by atoms with Crippen molar-refractivity contribution in [1.29, 1.82) is 5.26 Å². The van der Waals surface area contributed by atoms with Gasteiger partial charge < -0.3 is 10.5 Å². The molecule has 0 aliphatic rings. The number of nitrogen functional groups attached to an aromatic ring is 1. The second-order valence-electron chi connectivity index (χ2n) is 4.34. The number of aromatic nitrogens is 2. The summed E-state index contributed by atoms with van der Waals surface area (Å²) < 4.78 is 7.44. The minimum atomic E-state index is 0.509. The third-order valence-electron chi connectivity index (χ3n) is 2.96. The molecule has 1 aromatic heterocycles. The Balaban J connectivity index is 2.42. The minimum Gasteiger partial charge on any atom is -0.437 e. The third-order valence-corrected chi connectivity index (χ3v) is 2.96. The topological polar surface area (TPSA) is 76.9 Å². The monoisotopic (exact) mass is 256 g/mol. The maximum Gasteiger partial charge on any atom is 0.241 e. The van der Waals surface area contributed by atoms with Gasteiger partial charge in [0.2, 0.25) is 5.88 Å². The summed E-state index contributed by atoms with van der Waals surface area (Å²) in [5, 5.41) is 13.2. The molecular weight excluding hydrogens is 240 g/mol. The lowest BCUT2D eigenvalue weighted by molar-refractivity contribution is 0.429. The third kappa shape index (κ3) is 2.38. The predicted octanol–water partition coefficient (Wildman–Crippen LogP) is 2.54. The number of rotatable bonds is 3. The number of benzene rings is 1. The van der Waals surface area contributed by atoms with Gasteiger partial charge in [0.25, 0.3) is 0 Å². The highest BCUT2D eigenvalue weighted by molar-refractivity contribution is 5.55. The Morgan fingerprint density at radius 1 is 1.47 bits per heavy atom. The molecule has 19 heavy (non-hydrogen) atoms. The minimum absolute atomic E-state index is 0.509. The maximum absolute atomic E-state index is 8.92. The highest BCUT2D eigenvalue weighted by atomic mass is 16.5. The van der Waals surface area contributed by atoms with Crippen LogP contribution in [0, 0.1) is 18.3 Å². The highest BCUT2D eigenvalue weighted by Gasteiger charge is 2.15. The van der Waals surface area contributed by atoms with Crippen molar-refractivity contribution in [2.45, 2.75) is 20.3 Å². The van der Waals surface area contributed by atoms with Crippen LogP contribution in [0.5, 0.6) is 11.6 Å². The van der Waals surface area contributed by atoms with E-state index in [9.17, 15) is 0 Å². The average molecular weight is 256 g/mol. The van der Waals surface area contributed by atoms with E-state index in [-0.39, 0.29) is 0 Å². The zero-order chi connectivity index (χ0) is 14.0. The molecule has 1 aromatic carbocycles. The molecule has 1 heterocycles. The van der Waals surface area contributed by atoms with Crippen molar-refractivity contribution in [3.8, 4) is 17.7 Å². The molecule has 0 bridgehead atoms. The summed E-state index contributed by atoms with van der Waals surface area (Å²) in [6.07, 6.45) is 0.750. The predicted molar refractivity (Wildman–Crippen MR) is 73.0 cm³/mol. The van der Waals surface area contributed by atoms with Crippen molar-refractivity contribution < 1.29 is 4.74 Å².